The molecule has 4 nitrogen and oxygen atoms in total. The van der Waals surface area contributed by atoms with Crippen LogP contribution in [0, 0.1) is 13.8 Å². The molecule has 28 heavy (non-hydrogen) atoms. The Kier molecular flexibility index (Phi) is 5.20. The van der Waals surface area contributed by atoms with E-state index in [2.05, 4.69) is 24.0 Å². The van der Waals surface area contributed by atoms with E-state index in [1.165, 1.54) is 5.56 Å². The predicted octanol–water partition coefficient (Wildman–Crippen LogP) is 4.78. The van der Waals surface area contributed by atoms with E-state index in [1.807, 2.05) is 60.5 Å². The lowest BCUT2D eigenvalue weighted by atomic mass is 9.94. The molecule has 2 aromatic carbocycles. The van der Waals surface area contributed by atoms with E-state index in [9.17, 15) is 4.79 Å². The minimum Gasteiger partial charge on any atom is -0.338 e. The molecule has 0 radical (unpaired) electrons. The molecular weight excluding hydrogens is 346 g/mol. The van der Waals surface area contributed by atoms with E-state index in [0.717, 1.165) is 47.6 Å². The molecular formula is C24H25N3O. The average Bonchev–Trinajstić information content (AvgIpc) is 2.74. The summed E-state index contributed by atoms with van der Waals surface area (Å²) in [4.78, 5) is 24.2. The molecule has 1 unspecified atom stereocenters. The fourth-order valence-corrected chi connectivity index (χ4v) is 3.80. The summed E-state index contributed by atoms with van der Waals surface area (Å²) in [5, 5.41) is 0. The van der Waals surface area contributed by atoms with Gasteiger partial charge in [0, 0.05) is 42.0 Å². The molecule has 0 N–H and O–H groups in total. The lowest BCUT2D eigenvalue weighted by molar-refractivity contribution is 0.0706. The van der Waals surface area contributed by atoms with Crippen molar-refractivity contribution in [3.05, 3.63) is 83.2 Å². The van der Waals surface area contributed by atoms with Gasteiger partial charge in [0.2, 0.25) is 0 Å². The third-order valence-corrected chi connectivity index (χ3v) is 5.38. The number of aryl methyl sites for hydroxylation is 2. The molecule has 1 aromatic heterocycles. The molecule has 0 aliphatic carbocycles. The first-order valence-electron chi connectivity index (χ1n) is 9.86. The van der Waals surface area contributed by atoms with Gasteiger partial charge in [0.25, 0.3) is 5.91 Å². The number of hydrogen-bond acceptors (Lipinski definition) is 3. The smallest absolute Gasteiger partial charge is 0.253 e. The molecule has 2 heterocycles. The van der Waals surface area contributed by atoms with Gasteiger partial charge in [-0.25, -0.2) is 9.97 Å². The first-order chi connectivity index (χ1) is 13.6. The maximum Gasteiger partial charge on any atom is 0.253 e. The van der Waals surface area contributed by atoms with E-state index in [0.29, 0.717) is 6.54 Å². The maximum absolute atomic E-state index is 12.9. The second-order valence-corrected chi connectivity index (χ2v) is 7.63. The molecule has 0 spiro atoms. The van der Waals surface area contributed by atoms with Gasteiger partial charge < -0.3 is 4.90 Å². The van der Waals surface area contributed by atoms with Gasteiger partial charge in [0.05, 0.1) is 0 Å². The summed E-state index contributed by atoms with van der Waals surface area (Å²) in [5.41, 5.74) is 5.17. The fraction of sp³-hybridized carbons (Fsp3) is 0.292. The molecule has 1 fully saturated rings. The molecule has 0 saturated carbocycles. The average molecular weight is 371 g/mol. The largest absolute Gasteiger partial charge is 0.338 e. The van der Waals surface area contributed by atoms with Crippen molar-refractivity contribution >= 4 is 5.91 Å². The first-order valence-corrected chi connectivity index (χ1v) is 9.86. The lowest BCUT2D eigenvalue weighted by Gasteiger charge is -2.32. The van der Waals surface area contributed by atoms with Crippen molar-refractivity contribution in [3.63, 3.8) is 0 Å². The number of aromatic nitrogens is 2. The molecule has 4 heteroatoms. The number of benzene rings is 2. The highest BCUT2D eigenvalue weighted by molar-refractivity contribution is 5.94. The molecule has 1 atom stereocenters. The van der Waals surface area contributed by atoms with Gasteiger partial charge >= 0.3 is 0 Å². The fourth-order valence-electron chi connectivity index (χ4n) is 3.80. The summed E-state index contributed by atoms with van der Waals surface area (Å²) in [6.07, 6.45) is 3.87. The van der Waals surface area contributed by atoms with Crippen molar-refractivity contribution < 1.29 is 4.79 Å². The van der Waals surface area contributed by atoms with Crippen molar-refractivity contribution in [2.75, 3.05) is 13.1 Å². The Morgan fingerprint density at radius 3 is 2.64 bits per heavy atom. The minimum absolute atomic E-state index is 0.109. The second kappa shape index (κ2) is 7.93. The predicted molar refractivity (Wildman–Crippen MR) is 111 cm³/mol. The Morgan fingerprint density at radius 1 is 1.04 bits per heavy atom. The van der Waals surface area contributed by atoms with Crippen molar-refractivity contribution in [1.82, 2.24) is 14.9 Å². The molecule has 1 aliphatic rings. The Balaban J connectivity index is 1.54. The van der Waals surface area contributed by atoms with Crippen LogP contribution in [0.25, 0.3) is 11.4 Å². The summed E-state index contributed by atoms with van der Waals surface area (Å²) in [5.74, 6) is 1.11. The van der Waals surface area contributed by atoms with Crippen LogP contribution in [0.1, 0.15) is 45.9 Å². The van der Waals surface area contributed by atoms with E-state index in [4.69, 9.17) is 4.98 Å². The summed E-state index contributed by atoms with van der Waals surface area (Å²) in [7, 11) is 0. The van der Waals surface area contributed by atoms with Gasteiger partial charge in [-0.15, -0.1) is 0 Å². The van der Waals surface area contributed by atoms with Crippen LogP contribution in [-0.4, -0.2) is 33.9 Å². The van der Waals surface area contributed by atoms with Gasteiger partial charge in [0.1, 0.15) is 0 Å². The van der Waals surface area contributed by atoms with Crippen molar-refractivity contribution in [3.8, 4) is 11.4 Å². The van der Waals surface area contributed by atoms with E-state index in [1.54, 1.807) is 0 Å². The van der Waals surface area contributed by atoms with Crippen LogP contribution in [0.4, 0.5) is 0 Å². The molecule has 4 rings (SSSR count). The summed E-state index contributed by atoms with van der Waals surface area (Å²) >= 11 is 0. The number of likely N-dealkylation sites (tertiary alicyclic amines) is 1. The third kappa shape index (κ3) is 3.96. The van der Waals surface area contributed by atoms with Gasteiger partial charge in [-0.3, -0.25) is 4.79 Å². The van der Waals surface area contributed by atoms with Crippen LogP contribution in [0.3, 0.4) is 0 Å². The minimum atomic E-state index is 0.109. The van der Waals surface area contributed by atoms with Crippen LogP contribution < -0.4 is 0 Å². The molecule has 1 aliphatic heterocycles. The molecule has 0 bridgehead atoms. The van der Waals surface area contributed by atoms with Gasteiger partial charge in [-0.1, -0.05) is 41.5 Å². The molecule has 3 aromatic rings. The Hall–Kier alpha value is -3.01. The molecule has 1 saturated heterocycles. The van der Waals surface area contributed by atoms with Gasteiger partial charge in [-0.2, -0.15) is 0 Å². The highest BCUT2D eigenvalue weighted by Crippen LogP contribution is 2.28. The van der Waals surface area contributed by atoms with Crippen molar-refractivity contribution in [1.29, 1.82) is 0 Å². The SMILES string of the molecule is Cc1ccc(C(=O)N2CCCC(c3ccnc(-c4cccc(C)c4)n3)C2)cc1. The number of piperidine rings is 1. The van der Waals surface area contributed by atoms with Crippen LogP contribution >= 0.6 is 0 Å². The van der Waals surface area contributed by atoms with E-state index >= 15 is 0 Å². The highest BCUT2D eigenvalue weighted by atomic mass is 16.2. The van der Waals surface area contributed by atoms with Crippen LogP contribution in [-0.2, 0) is 0 Å². The van der Waals surface area contributed by atoms with Crippen molar-refractivity contribution in [2.45, 2.75) is 32.6 Å². The maximum atomic E-state index is 12.9. The number of rotatable bonds is 3. The number of carbonyl (C=O) groups is 1. The van der Waals surface area contributed by atoms with Crippen LogP contribution in [0.5, 0.6) is 0 Å². The molecule has 142 valence electrons. The van der Waals surface area contributed by atoms with Crippen LogP contribution in [0.15, 0.2) is 60.8 Å². The lowest BCUT2D eigenvalue weighted by Crippen LogP contribution is -2.39. The van der Waals surface area contributed by atoms with Gasteiger partial charge in [-0.05, 0) is 51.0 Å². The standard InChI is InChI=1S/C24H25N3O/c1-17-8-10-19(11-9-17)24(28)27-14-4-7-21(16-27)22-12-13-25-23(26-22)20-6-3-5-18(2)15-20/h3,5-6,8-13,15,21H,4,7,14,16H2,1-2H3. The first kappa shape index (κ1) is 18.4. The monoisotopic (exact) mass is 371 g/mol. The second-order valence-electron chi connectivity index (χ2n) is 7.63. The normalized spacial score (nSPS) is 16.8. The zero-order valence-corrected chi connectivity index (χ0v) is 16.4. The Morgan fingerprint density at radius 2 is 1.86 bits per heavy atom. The Labute approximate surface area is 166 Å². The summed E-state index contributed by atoms with van der Waals surface area (Å²) in [6, 6.07) is 18.1. The quantitative estimate of drug-likeness (QED) is 0.666. The van der Waals surface area contributed by atoms with Gasteiger partial charge in [0.15, 0.2) is 5.82 Å². The molecule has 1 amide bonds. The van der Waals surface area contributed by atoms with E-state index < -0.39 is 0 Å². The van der Waals surface area contributed by atoms with E-state index in [-0.39, 0.29) is 11.8 Å². The number of nitrogens with zero attached hydrogens (tertiary/aromatic N) is 3. The zero-order valence-electron chi connectivity index (χ0n) is 16.4. The number of carbonyl (C=O) groups excluding carboxylic acids is 1. The zero-order chi connectivity index (χ0) is 19.5. The number of amides is 1. The topological polar surface area (TPSA) is 46.1 Å². The number of hydrogen-bond donors (Lipinski definition) is 0. The Bertz CT molecular complexity index is 981. The highest BCUT2D eigenvalue weighted by Gasteiger charge is 2.26. The van der Waals surface area contributed by atoms with Crippen molar-refractivity contribution in [2.24, 2.45) is 0 Å². The summed E-state index contributed by atoms with van der Waals surface area (Å²) < 4.78 is 0. The third-order valence-electron chi connectivity index (χ3n) is 5.38. The van der Waals surface area contributed by atoms with Crippen LogP contribution in [0.2, 0.25) is 0 Å². The summed E-state index contributed by atoms with van der Waals surface area (Å²) in [6.45, 7) is 5.62.